The first-order valence-electron chi connectivity index (χ1n) is 9.41. The minimum Gasteiger partial charge on any atom is -0.489 e. The highest BCUT2D eigenvalue weighted by atomic mass is 16.5. The van der Waals surface area contributed by atoms with E-state index in [0.29, 0.717) is 26.0 Å². The molecule has 27 heavy (non-hydrogen) atoms. The topological polar surface area (TPSA) is 67.4 Å². The van der Waals surface area contributed by atoms with Gasteiger partial charge in [0, 0.05) is 13.0 Å². The molecule has 2 N–H and O–H groups in total. The van der Waals surface area contributed by atoms with Gasteiger partial charge in [0.1, 0.15) is 18.4 Å². The molecule has 5 nitrogen and oxygen atoms in total. The second-order valence-electron chi connectivity index (χ2n) is 6.50. The fourth-order valence-corrected chi connectivity index (χ4v) is 2.53. The molecule has 0 saturated carbocycles. The lowest BCUT2D eigenvalue weighted by Crippen LogP contribution is -2.45. The van der Waals surface area contributed by atoms with Gasteiger partial charge in [0.25, 0.3) is 0 Å². The van der Waals surface area contributed by atoms with E-state index in [1.165, 1.54) is 0 Å². The van der Waals surface area contributed by atoms with Crippen molar-refractivity contribution >= 4 is 11.8 Å². The molecule has 0 aliphatic rings. The molecular weight excluding hydrogens is 340 g/mol. The lowest BCUT2D eigenvalue weighted by molar-refractivity contribution is -0.128. The van der Waals surface area contributed by atoms with Gasteiger partial charge >= 0.3 is 0 Å². The number of nitrogens with one attached hydrogen (secondary N) is 2. The van der Waals surface area contributed by atoms with E-state index in [0.717, 1.165) is 23.3 Å². The first kappa shape index (κ1) is 20.5. The molecule has 0 radical (unpaired) electrons. The smallest absolute Gasteiger partial charge is 0.242 e. The van der Waals surface area contributed by atoms with Crippen molar-refractivity contribution in [2.45, 2.75) is 45.8 Å². The molecule has 0 aliphatic carbocycles. The minimum atomic E-state index is -0.516. The molecule has 144 valence electrons. The van der Waals surface area contributed by atoms with Gasteiger partial charge in [-0.05, 0) is 43.0 Å². The molecular formula is C22H28N2O3. The van der Waals surface area contributed by atoms with Crippen LogP contribution in [0.4, 0.5) is 0 Å². The molecule has 0 aliphatic heterocycles. The molecule has 0 spiro atoms. The zero-order valence-corrected chi connectivity index (χ0v) is 16.0. The molecule has 0 fully saturated rings. The molecule has 1 atom stereocenters. The quantitative estimate of drug-likeness (QED) is 0.677. The number of hydrogen-bond acceptors (Lipinski definition) is 3. The molecule has 2 amide bonds. The van der Waals surface area contributed by atoms with Crippen molar-refractivity contribution in [1.82, 2.24) is 10.6 Å². The zero-order chi connectivity index (χ0) is 19.5. The average molecular weight is 368 g/mol. The van der Waals surface area contributed by atoms with E-state index in [1.54, 1.807) is 6.92 Å². The van der Waals surface area contributed by atoms with Crippen LogP contribution in [-0.4, -0.2) is 24.4 Å². The van der Waals surface area contributed by atoms with E-state index in [1.807, 2.05) is 61.5 Å². The van der Waals surface area contributed by atoms with Gasteiger partial charge in [0.15, 0.2) is 0 Å². The molecule has 0 saturated heterocycles. The summed E-state index contributed by atoms with van der Waals surface area (Å²) in [6.45, 7) is 4.83. The summed E-state index contributed by atoms with van der Waals surface area (Å²) in [5.74, 6) is 0.525. The lowest BCUT2D eigenvalue weighted by Gasteiger charge is -2.13. The third-order valence-corrected chi connectivity index (χ3v) is 4.13. The summed E-state index contributed by atoms with van der Waals surface area (Å²) in [4.78, 5) is 23.8. The molecule has 0 heterocycles. The van der Waals surface area contributed by atoms with Gasteiger partial charge < -0.3 is 15.4 Å². The molecule has 0 unspecified atom stereocenters. The monoisotopic (exact) mass is 368 g/mol. The Hall–Kier alpha value is -2.82. The maximum absolute atomic E-state index is 12.0. The van der Waals surface area contributed by atoms with Crippen LogP contribution in [0.5, 0.6) is 5.75 Å². The summed E-state index contributed by atoms with van der Waals surface area (Å²) in [6.07, 6.45) is 1.83. The average Bonchev–Trinajstić information content (AvgIpc) is 2.70. The number of benzene rings is 2. The van der Waals surface area contributed by atoms with Gasteiger partial charge in [-0.2, -0.15) is 0 Å². The van der Waals surface area contributed by atoms with Crippen molar-refractivity contribution in [2.75, 3.05) is 6.54 Å². The molecule has 2 rings (SSSR count). The minimum absolute atomic E-state index is 0.126. The van der Waals surface area contributed by atoms with Crippen molar-refractivity contribution in [3.63, 3.8) is 0 Å². The number of ether oxygens (including phenoxy) is 1. The lowest BCUT2D eigenvalue weighted by atomic mass is 10.1. The van der Waals surface area contributed by atoms with Crippen LogP contribution in [0.2, 0.25) is 0 Å². The maximum atomic E-state index is 12.0. The summed E-state index contributed by atoms with van der Waals surface area (Å²) in [6, 6.07) is 17.2. The Morgan fingerprint density at radius 3 is 2.37 bits per heavy atom. The van der Waals surface area contributed by atoms with E-state index in [-0.39, 0.29) is 11.8 Å². The van der Waals surface area contributed by atoms with E-state index in [2.05, 4.69) is 10.6 Å². The second kappa shape index (κ2) is 11.0. The van der Waals surface area contributed by atoms with Crippen LogP contribution in [0.1, 0.15) is 37.8 Å². The molecule has 2 aromatic rings. The number of carbonyl (C=O) groups excluding carboxylic acids is 2. The fraction of sp³-hybridized carbons (Fsp3) is 0.364. The number of aryl methyl sites for hydroxylation is 1. The summed E-state index contributed by atoms with van der Waals surface area (Å²) in [5.41, 5.74) is 2.18. The number of hydrogen-bond donors (Lipinski definition) is 2. The number of rotatable bonds is 10. The summed E-state index contributed by atoms with van der Waals surface area (Å²) in [5, 5.41) is 5.51. The van der Waals surface area contributed by atoms with Gasteiger partial charge in [0.05, 0.1) is 0 Å². The summed E-state index contributed by atoms with van der Waals surface area (Å²) in [7, 11) is 0. The Balaban J connectivity index is 1.72. The number of amides is 2. The zero-order valence-electron chi connectivity index (χ0n) is 16.0. The normalized spacial score (nSPS) is 11.5. The van der Waals surface area contributed by atoms with Crippen molar-refractivity contribution < 1.29 is 14.3 Å². The summed E-state index contributed by atoms with van der Waals surface area (Å²) >= 11 is 0. The highest BCUT2D eigenvalue weighted by Crippen LogP contribution is 2.15. The Bertz CT molecular complexity index is 714. The van der Waals surface area contributed by atoms with Crippen LogP contribution < -0.4 is 15.4 Å². The van der Waals surface area contributed by atoms with Crippen LogP contribution in [0.3, 0.4) is 0 Å². The Labute approximate surface area is 161 Å². The largest absolute Gasteiger partial charge is 0.489 e. The van der Waals surface area contributed by atoms with Crippen molar-refractivity contribution in [3.8, 4) is 5.75 Å². The highest BCUT2D eigenvalue weighted by Gasteiger charge is 2.14. The van der Waals surface area contributed by atoms with Gasteiger partial charge in [0.2, 0.25) is 11.8 Å². The van der Waals surface area contributed by atoms with Gasteiger partial charge in [-0.3, -0.25) is 9.59 Å². The Morgan fingerprint density at radius 1 is 1.00 bits per heavy atom. The van der Waals surface area contributed by atoms with Crippen molar-refractivity contribution in [2.24, 2.45) is 0 Å². The van der Waals surface area contributed by atoms with Crippen LogP contribution in [-0.2, 0) is 22.6 Å². The number of carbonyl (C=O) groups is 2. The summed E-state index contributed by atoms with van der Waals surface area (Å²) < 4.78 is 5.76. The standard InChI is InChI=1S/C22H28N2O3/c1-3-15-23-22(26)17(2)24-21(25)14-11-18-9-12-20(13-10-18)27-16-19-7-5-4-6-8-19/h4-10,12-13,17H,3,11,14-16H2,1-2H3,(H,23,26)(H,24,25)/t17-/m0/s1. The van der Waals surface area contributed by atoms with Crippen LogP contribution in [0.15, 0.2) is 54.6 Å². The third kappa shape index (κ3) is 7.52. The SMILES string of the molecule is CCCNC(=O)[C@H](C)NC(=O)CCc1ccc(OCc2ccccc2)cc1. The van der Waals surface area contributed by atoms with Crippen LogP contribution in [0, 0.1) is 0 Å². The van der Waals surface area contributed by atoms with Crippen molar-refractivity contribution in [3.05, 3.63) is 65.7 Å². The predicted octanol–water partition coefficient (Wildman–Crippen LogP) is 3.23. The highest BCUT2D eigenvalue weighted by molar-refractivity contribution is 5.87. The van der Waals surface area contributed by atoms with Crippen LogP contribution >= 0.6 is 0 Å². The third-order valence-electron chi connectivity index (χ3n) is 4.13. The molecule has 5 heteroatoms. The molecule has 2 aromatic carbocycles. The van der Waals surface area contributed by atoms with Crippen LogP contribution in [0.25, 0.3) is 0 Å². The van der Waals surface area contributed by atoms with Gasteiger partial charge in [-0.1, -0.05) is 49.4 Å². The van der Waals surface area contributed by atoms with E-state index in [9.17, 15) is 9.59 Å². The van der Waals surface area contributed by atoms with E-state index >= 15 is 0 Å². The predicted molar refractivity (Wildman–Crippen MR) is 106 cm³/mol. The van der Waals surface area contributed by atoms with E-state index in [4.69, 9.17) is 4.74 Å². The first-order chi connectivity index (χ1) is 13.1. The van der Waals surface area contributed by atoms with Gasteiger partial charge in [-0.15, -0.1) is 0 Å². The second-order valence-corrected chi connectivity index (χ2v) is 6.50. The van der Waals surface area contributed by atoms with E-state index < -0.39 is 6.04 Å². The molecule has 0 bridgehead atoms. The maximum Gasteiger partial charge on any atom is 0.242 e. The molecule has 0 aromatic heterocycles. The first-order valence-corrected chi connectivity index (χ1v) is 9.41. The van der Waals surface area contributed by atoms with Crippen molar-refractivity contribution in [1.29, 1.82) is 0 Å². The fourth-order valence-electron chi connectivity index (χ4n) is 2.53. The Morgan fingerprint density at radius 2 is 1.70 bits per heavy atom. The van der Waals surface area contributed by atoms with Gasteiger partial charge in [-0.25, -0.2) is 0 Å². The Kier molecular flexibility index (Phi) is 8.36.